The van der Waals surface area contributed by atoms with E-state index >= 15 is 0 Å². The maximum atomic E-state index is 12.0. The second-order valence-electron chi connectivity index (χ2n) is 6.63. The van der Waals surface area contributed by atoms with Gasteiger partial charge in [0.25, 0.3) is 0 Å². The summed E-state index contributed by atoms with van der Waals surface area (Å²) in [4.78, 5) is 16.5. The predicted octanol–water partition coefficient (Wildman–Crippen LogP) is 5.96. The van der Waals surface area contributed by atoms with Crippen LogP contribution in [0.25, 0.3) is 21.5 Å². The zero-order chi connectivity index (χ0) is 20.8. The van der Waals surface area contributed by atoms with Crippen molar-refractivity contribution in [3.8, 4) is 11.3 Å². The van der Waals surface area contributed by atoms with Gasteiger partial charge in [0.1, 0.15) is 11.5 Å². The van der Waals surface area contributed by atoms with Crippen LogP contribution in [0.1, 0.15) is 35.9 Å². The number of ether oxygens (including phenoxy) is 1. The van der Waals surface area contributed by atoms with Crippen LogP contribution < -0.4 is 5.43 Å². The van der Waals surface area contributed by atoms with E-state index in [-0.39, 0.29) is 5.97 Å². The molecule has 152 valence electrons. The van der Waals surface area contributed by atoms with E-state index in [4.69, 9.17) is 9.15 Å². The third kappa shape index (κ3) is 4.75. The zero-order valence-corrected chi connectivity index (χ0v) is 17.3. The lowest BCUT2D eigenvalue weighted by molar-refractivity contribution is 0.0500. The highest BCUT2D eigenvalue weighted by Gasteiger charge is 2.09. The molecule has 0 amide bonds. The van der Waals surface area contributed by atoms with E-state index in [9.17, 15) is 4.79 Å². The summed E-state index contributed by atoms with van der Waals surface area (Å²) >= 11 is 1.54. The van der Waals surface area contributed by atoms with Gasteiger partial charge in [0, 0.05) is 5.56 Å². The maximum Gasteiger partial charge on any atom is 0.338 e. The quantitative estimate of drug-likeness (QED) is 0.165. The molecule has 6 nitrogen and oxygen atoms in total. The van der Waals surface area contributed by atoms with Gasteiger partial charge in [-0.05, 0) is 42.8 Å². The van der Waals surface area contributed by atoms with Gasteiger partial charge in [-0.3, -0.25) is 5.43 Å². The van der Waals surface area contributed by atoms with Gasteiger partial charge < -0.3 is 9.15 Å². The van der Waals surface area contributed by atoms with Gasteiger partial charge in [-0.25, -0.2) is 9.78 Å². The number of anilines is 1. The molecule has 0 fully saturated rings. The highest BCUT2D eigenvalue weighted by Crippen LogP contribution is 2.25. The number of para-hydroxylation sites is 1. The number of hydrogen-bond acceptors (Lipinski definition) is 7. The van der Waals surface area contributed by atoms with E-state index in [0.29, 0.717) is 23.7 Å². The van der Waals surface area contributed by atoms with Crippen molar-refractivity contribution in [3.05, 3.63) is 72.0 Å². The molecular formula is C23H21N3O3S. The largest absolute Gasteiger partial charge is 0.462 e. The Morgan fingerprint density at radius 2 is 2.00 bits per heavy atom. The molecule has 2 heterocycles. The Balaban J connectivity index is 1.37. The highest BCUT2D eigenvalue weighted by atomic mass is 32.1. The molecule has 0 saturated carbocycles. The van der Waals surface area contributed by atoms with Crippen LogP contribution in [-0.4, -0.2) is 23.8 Å². The predicted molar refractivity (Wildman–Crippen MR) is 120 cm³/mol. The normalized spacial score (nSPS) is 11.2. The molecular weight excluding hydrogens is 398 g/mol. The van der Waals surface area contributed by atoms with Crippen LogP contribution >= 0.6 is 11.3 Å². The number of nitrogens with zero attached hydrogens (tertiary/aromatic N) is 2. The first-order valence-corrected chi connectivity index (χ1v) is 10.6. The summed E-state index contributed by atoms with van der Waals surface area (Å²) < 4.78 is 12.2. The van der Waals surface area contributed by atoms with E-state index in [0.717, 1.165) is 33.8 Å². The number of hydrazone groups is 1. The van der Waals surface area contributed by atoms with Gasteiger partial charge in [-0.2, -0.15) is 5.10 Å². The Bertz CT molecular complexity index is 1130. The van der Waals surface area contributed by atoms with Gasteiger partial charge >= 0.3 is 5.97 Å². The molecule has 0 atom stereocenters. The Morgan fingerprint density at radius 3 is 2.80 bits per heavy atom. The van der Waals surface area contributed by atoms with Crippen molar-refractivity contribution in [3.63, 3.8) is 0 Å². The number of thiazole rings is 1. The lowest BCUT2D eigenvalue weighted by Crippen LogP contribution is -2.05. The van der Waals surface area contributed by atoms with Gasteiger partial charge in [-0.1, -0.05) is 48.9 Å². The summed E-state index contributed by atoms with van der Waals surface area (Å²) in [5, 5.41) is 4.93. The monoisotopic (exact) mass is 419 g/mol. The number of nitrogens with one attached hydrogen (secondary N) is 1. The van der Waals surface area contributed by atoms with E-state index in [1.54, 1.807) is 18.3 Å². The SMILES string of the molecule is CCCCOC(=O)c1ccc(-c2ccc(/C=N\Nc3nc4ccccc4s3)o2)cc1. The fourth-order valence-electron chi connectivity index (χ4n) is 2.81. The highest BCUT2D eigenvalue weighted by molar-refractivity contribution is 7.22. The average Bonchev–Trinajstić information content (AvgIpc) is 3.41. The third-order valence-corrected chi connectivity index (χ3v) is 5.35. The Kier molecular flexibility index (Phi) is 6.20. The van der Waals surface area contributed by atoms with Crippen molar-refractivity contribution in [2.75, 3.05) is 12.0 Å². The van der Waals surface area contributed by atoms with Gasteiger partial charge in [-0.15, -0.1) is 0 Å². The molecule has 2 aromatic heterocycles. The minimum Gasteiger partial charge on any atom is -0.462 e. The number of esters is 1. The van der Waals surface area contributed by atoms with Crippen LogP contribution in [0, 0.1) is 0 Å². The Hall–Kier alpha value is -3.45. The molecule has 2 aromatic carbocycles. The smallest absolute Gasteiger partial charge is 0.338 e. The van der Waals surface area contributed by atoms with Crippen LogP contribution in [0.15, 0.2) is 70.2 Å². The maximum absolute atomic E-state index is 12.0. The average molecular weight is 420 g/mol. The standard InChI is InChI=1S/C23H21N3O3S/c1-2-3-14-28-22(27)17-10-8-16(9-11-17)20-13-12-18(29-20)15-24-26-23-25-19-6-4-5-7-21(19)30-23/h4-13,15H,2-3,14H2,1H3,(H,25,26)/b24-15-. The van der Waals surface area contributed by atoms with Crippen LogP contribution in [0.2, 0.25) is 0 Å². The minimum atomic E-state index is -0.303. The lowest BCUT2D eigenvalue weighted by Gasteiger charge is -2.04. The first-order chi connectivity index (χ1) is 14.7. The molecule has 0 saturated heterocycles. The number of carbonyl (C=O) groups excluding carboxylic acids is 1. The van der Waals surface area contributed by atoms with Crippen LogP contribution in [0.5, 0.6) is 0 Å². The van der Waals surface area contributed by atoms with Crippen molar-refractivity contribution in [1.82, 2.24) is 4.98 Å². The molecule has 0 spiro atoms. The zero-order valence-electron chi connectivity index (χ0n) is 16.5. The second-order valence-corrected chi connectivity index (χ2v) is 7.66. The number of benzene rings is 2. The number of carbonyl (C=O) groups is 1. The minimum absolute atomic E-state index is 0.303. The summed E-state index contributed by atoms with van der Waals surface area (Å²) in [7, 11) is 0. The Labute approximate surface area is 178 Å². The second kappa shape index (κ2) is 9.37. The molecule has 0 radical (unpaired) electrons. The summed E-state index contributed by atoms with van der Waals surface area (Å²) in [5.41, 5.74) is 5.29. The topological polar surface area (TPSA) is 76.7 Å². The lowest BCUT2D eigenvalue weighted by atomic mass is 10.1. The molecule has 0 bridgehead atoms. The van der Waals surface area contributed by atoms with Crippen LogP contribution in [0.3, 0.4) is 0 Å². The van der Waals surface area contributed by atoms with E-state index in [2.05, 4.69) is 22.4 Å². The number of aromatic nitrogens is 1. The summed E-state index contributed by atoms with van der Waals surface area (Å²) in [5.74, 6) is 1.01. The van der Waals surface area contributed by atoms with E-state index in [1.807, 2.05) is 48.5 Å². The number of unbranched alkanes of at least 4 members (excludes halogenated alkanes) is 1. The van der Waals surface area contributed by atoms with Crippen molar-refractivity contribution >= 4 is 38.9 Å². The molecule has 0 unspecified atom stereocenters. The summed E-state index contributed by atoms with van der Waals surface area (Å²) in [6.07, 6.45) is 3.47. The molecule has 30 heavy (non-hydrogen) atoms. The number of fused-ring (bicyclic) bond motifs is 1. The van der Waals surface area contributed by atoms with Crippen LogP contribution in [0.4, 0.5) is 5.13 Å². The summed E-state index contributed by atoms with van der Waals surface area (Å²) in [6, 6.07) is 18.8. The first kappa shape index (κ1) is 19.8. The molecule has 7 heteroatoms. The number of hydrogen-bond donors (Lipinski definition) is 1. The fourth-order valence-corrected chi connectivity index (χ4v) is 3.63. The van der Waals surface area contributed by atoms with Crippen molar-refractivity contribution in [2.45, 2.75) is 19.8 Å². The van der Waals surface area contributed by atoms with E-state index in [1.165, 1.54) is 11.3 Å². The van der Waals surface area contributed by atoms with Gasteiger partial charge in [0.2, 0.25) is 5.13 Å². The van der Waals surface area contributed by atoms with Crippen molar-refractivity contribution in [1.29, 1.82) is 0 Å². The molecule has 0 aliphatic rings. The van der Waals surface area contributed by atoms with Crippen molar-refractivity contribution < 1.29 is 13.9 Å². The Morgan fingerprint density at radius 1 is 1.17 bits per heavy atom. The number of rotatable bonds is 8. The van der Waals surface area contributed by atoms with Crippen molar-refractivity contribution in [2.24, 2.45) is 5.10 Å². The van der Waals surface area contributed by atoms with E-state index < -0.39 is 0 Å². The molecule has 0 aliphatic heterocycles. The summed E-state index contributed by atoms with van der Waals surface area (Å²) in [6.45, 7) is 2.50. The number of furan rings is 1. The van der Waals surface area contributed by atoms with Gasteiger partial charge in [0.15, 0.2) is 0 Å². The molecule has 4 aromatic rings. The third-order valence-electron chi connectivity index (χ3n) is 4.41. The van der Waals surface area contributed by atoms with Gasteiger partial charge in [0.05, 0.1) is 28.6 Å². The first-order valence-electron chi connectivity index (χ1n) is 9.75. The van der Waals surface area contributed by atoms with Crippen LogP contribution in [-0.2, 0) is 4.74 Å². The molecule has 4 rings (SSSR count). The molecule has 1 N–H and O–H groups in total. The fraction of sp³-hybridized carbons (Fsp3) is 0.174. The molecule has 0 aliphatic carbocycles.